The fourth-order valence-corrected chi connectivity index (χ4v) is 0.923. The average molecular weight is 167 g/mol. The number of hydrogen-bond donors (Lipinski definition) is 0. The van der Waals surface area contributed by atoms with Crippen LogP contribution >= 0.6 is 0 Å². The van der Waals surface area contributed by atoms with E-state index in [0.717, 1.165) is 0 Å². The zero-order chi connectivity index (χ0) is 10.2. The summed E-state index contributed by atoms with van der Waals surface area (Å²) < 4.78 is 8.99. The lowest BCUT2D eigenvalue weighted by molar-refractivity contribution is 0.376. The van der Waals surface area contributed by atoms with Gasteiger partial charge in [-0.05, 0) is 33.7 Å². The number of nitrogens with zero attached hydrogens (tertiary/aromatic N) is 2. The van der Waals surface area contributed by atoms with Gasteiger partial charge in [0.1, 0.15) is 0 Å². The first-order valence-electron chi connectivity index (χ1n) is 4.40. The van der Waals surface area contributed by atoms with Gasteiger partial charge in [0.05, 0.1) is 1.37 Å². The highest BCUT2D eigenvalue weighted by atomic mass is 16.1. The summed E-state index contributed by atoms with van der Waals surface area (Å²) in [6, 6.07) is 0.300. The standard InChI is InChI=1S/C9H14N2O/c1-7-5-6-11(8(12)10-7)9(2,3)4/h5-6H,1-4H3/i5D. The van der Waals surface area contributed by atoms with Gasteiger partial charge in [-0.25, -0.2) is 4.79 Å². The Morgan fingerprint density at radius 2 is 2.17 bits per heavy atom. The minimum Gasteiger partial charge on any atom is -0.294 e. The summed E-state index contributed by atoms with van der Waals surface area (Å²) in [4.78, 5) is 15.2. The Morgan fingerprint density at radius 3 is 2.67 bits per heavy atom. The molecule has 66 valence electrons. The van der Waals surface area contributed by atoms with Crippen molar-refractivity contribution in [2.45, 2.75) is 33.2 Å². The summed E-state index contributed by atoms with van der Waals surface area (Å²) in [5.74, 6) is 0. The van der Waals surface area contributed by atoms with Gasteiger partial charge in [-0.1, -0.05) is 0 Å². The molecule has 1 aromatic rings. The van der Waals surface area contributed by atoms with Crippen molar-refractivity contribution in [3.05, 3.63) is 28.4 Å². The Bertz CT molecular complexity index is 376. The van der Waals surface area contributed by atoms with Gasteiger partial charge in [0.15, 0.2) is 0 Å². The minimum atomic E-state index is -0.312. The van der Waals surface area contributed by atoms with Crippen molar-refractivity contribution < 1.29 is 1.37 Å². The van der Waals surface area contributed by atoms with Crippen molar-refractivity contribution in [1.29, 1.82) is 0 Å². The maximum atomic E-state index is 11.4. The Labute approximate surface area is 73.5 Å². The molecule has 0 aliphatic rings. The summed E-state index contributed by atoms with van der Waals surface area (Å²) in [5, 5.41) is 0. The molecule has 0 fully saturated rings. The van der Waals surface area contributed by atoms with Gasteiger partial charge in [-0.2, -0.15) is 4.98 Å². The molecule has 12 heavy (non-hydrogen) atoms. The summed E-state index contributed by atoms with van der Waals surface area (Å²) in [5.41, 5.74) is -0.125. The third-order valence-corrected chi connectivity index (χ3v) is 1.59. The smallest absolute Gasteiger partial charge is 0.294 e. The van der Waals surface area contributed by atoms with E-state index in [4.69, 9.17) is 1.37 Å². The molecule has 0 aliphatic carbocycles. The van der Waals surface area contributed by atoms with E-state index in [1.165, 1.54) is 10.8 Å². The van der Waals surface area contributed by atoms with Crippen molar-refractivity contribution in [3.63, 3.8) is 0 Å². The van der Waals surface area contributed by atoms with Crippen LogP contribution in [0.2, 0.25) is 0 Å². The summed E-state index contributed by atoms with van der Waals surface area (Å²) in [7, 11) is 0. The molecule has 3 nitrogen and oxygen atoms in total. The highest BCUT2D eigenvalue weighted by molar-refractivity contribution is 4.97. The van der Waals surface area contributed by atoms with Crippen LogP contribution in [0.25, 0.3) is 0 Å². The molecule has 0 spiro atoms. The fraction of sp³-hybridized carbons (Fsp3) is 0.556. The van der Waals surface area contributed by atoms with E-state index in [2.05, 4.69) is 4.98 Å². The molecule has 0 saturated carbocycles. The lowest BCUT2D eigenvalue weighted by atomic mass is 10.1. The first-order chi connectivity index (χ1) is 5.82. The van der Waals surface area contributed by atoms with Gasteiger partial charge < -0.3 is 0 Å². The lowest BCUT2D eigenvalue weighted by Gasteiger charge is -2.21. The van der Waals surface area contributed by atoms with Gasteiger partial charge in [-0.15, -0.1) is 0 Å². The van der Waals surface area contributed by atoms with Gasteiger partial charge >= 0.3 is 5.69 Å². The highest BCUT2D eigenvalue weighted by Gasteiger charge is 2.13. The Kier molecular flexibility index (Phi) is 1.71. The van der Waals surface area contributed by atoms with E-state index in [1.807, 2.05) is 20.8 Å². The molecule has 0 aliphatic heterocycles. The molecule has 0 atom stereocenters. The Hall–Kier alpha value is -1.12. The third kappa shape index (κ3) is 1.72. The quantitative estimate of drug-likeness (QED) is 0.584. The van der Waals surface area contributed by atoms with Crippen LogP contribution in [0.4, 0.5) is 0 Å². The molecule has 1 aromatic heterocycles. The van der Waals surface area contributed by atoms with Crippen molar-refractivity contribution in [2.24, 2.45) is 0 Å². The second-order valence-corrected chi connectivity index (χ2v) is 3.79. The number of aromatic nitrogens is 2. The first kappa shape index (κ1) is 7.53. The van der Waals surface area contributed by atoms with Crippen LogP contribution in [0.1, 0.15) is 27.8 Å². The topological polar surface area (TPSA) is 34.9 Å². The first-order valence-corrected chi connectivity index (χ1v) is 3.90. The average Bonchev–Trinajstić information content (AvgIpc) is 1.94. The lowest BCUT2D eigenvalue weighted by Crippen LogP contribution is -2.34. The van der Waals surface area contributed by atoms with E-state index in [1.54, 1.807) is 6.92 Å². The van der Waals surface area contributed by atoms with Gasteiger partial charge in [0.25, 0.3) is 0 Å². The predicted molar refractivity (Wildman–Crippen MR) is 48.2 cm³/mol. The number of hydrogen-bond acceptors (Lipinski definition) is 2. The summed E-state index contributed by atoms with van der Waals surface area (Å²) >= 11 is 0. The Balaban J connectivity index is 3.41. The van der Waals surface area contributed by atoms with Crippen molar-refractivity contribution in [2.75, 3.05) is 0 Å². The van der Waals surface area contributed by atoms with E-state index < -0.39 is 0 Å². The summed E-state index contributed by atoms with van der Waals surface area (Å²) in [6.45, 7) is 7.39. The normalized spacial score (nSPS) is 12.8. The number of aryl methyl sites for hydroxylation is 1. The highest BCUT2D eigenvalue weighted by Crippen LogP contribution is 2.09. The second kappa shape index (κ2) is 2.73. The zero-order valence-corrected chi connectivity index (χ0v) is 7.88. The maximum absolute atomic E-state index is 11.4. The molecule has 0 amide bonds. The van der Waals surface area contributed by atoms with Crippen LogP contribution in [0.15, 0.2) is 17.0 Å². The zero-order valence-electron chi connectivity index (χ0n) is 8.88. The fourth-order valence-electron chi connectivity index (χ4n) is 0.923. The number of rotatable bonds is 0. The molecular weight excluding hydrogens is 152 g/mol. The molecule has 1 rings (SSSR count). The van der Waals surface area contributed by atoms with E-state index in [-0.39, 0.29) is 11.2 Å². The van der Waals surface area contributed by atoms with Crippen molar-refractivity contribution in [1.82, 2.24) is 9.55 Å². The molecule has 0 unspecified atom stereocenters. The van der Waals surface area contributed by atoms with Crippen molar-refractivity contribution in [3.8, 4) is 0 Å². The van der Waals surface area contributed by atoms with Crippen LogP contribution < -0.4 is 5.69 Å². The van der Waals surface area contributed by atoms with Crippen LogP contribution in [0, 0.1) is 6.92 Å². The molecule has 0 bridgehead atoms. The molecular formula is C9H14N2O. The molecule has 0 N–H and O–H groups in total. The summed E-state index contributed by atoms with van der Waals surface area (Å²) in [6.07, 6.45) is 1.53. The third-order valence-electron chi connectivity index (χ3n) is 1.59. The van der Waals surface area contributed by atoms with Crippen LogP contribution in [-0.4, -0.2) is 9.55 Å². The van der Waals surface area contributed by atoms with Gasteiger partial charge in [0.2, 0.25) is 0 Å². The SMILES string of the molecule is [2H]c1cn(C(C)(C)C)c(=O)nc1C. The minimum absolute atomic E-state index is 0.291. The predicted octanol–water partition coefficient (Wildman–Crippen LogP) is 1.31. The van der Waals surface area contributed by atoms with E-state index >= 15 is 0 Å². The Morgan fingerprint density at radius 1 is 1.58 bits per heavy atom. The van der Waals surface area contributed by atoms with Gasteiger partial charge in [-0.3, -0.25) is 4.57 Å². The van der Waals surface area contributed by atoms with Crippen molar-refractivity contribution >= 4 is 0 Å². The largest absolute Gasteiger partial charge is 0.348 e. The molecule has 0 saturated heterocycles. The second-order valence-electron chi connectivity index (χ2n) is 3.79. The van der Waals surface area contributed by atoms with Crippen LogP contribution in [0.3, 0.4) is 0 Å². The van der Waals surface area contributed by atoms with Gasteiger partial charge in [0, 0.05) is 17.4 Å². The maximum Gasteiger partial charge on any atom is 0.348 e. The van der Waals surface area contributed by atoms with E-state index in [0.29, 0.717) is 11.7 Å². The van der Waals surface area contributed by atoms with E-state index in [9.17, 15) is 4.79 Å². The molecule has 1 heterocycles. The molecule has 3 heteroatoms. The van der Waals surface area contributed by atoms with Crippen LogP contribution in [0.5, 0.6) is 0 Å². The molecule has 0 radical (unpaired) electrons. The molecule has 0 aromatic carbocycles. The monoisotopic (exact) mass is 167 g/mol. The van der Waals surface area contributed by atoms with Crippen LogP contribution in [-0.2, 0) is 5.54 Å².